The molecule has 1 aromatic heterocycles. The Balaban J connectivity index is 2.22. The Morgan fingerprint density at radius 3 is 2.89 bits per heavy atom. The predicted molar refractivity (Wildman–Crippen MR) is 80.2 cm³/mol. The number of nitrogens with one attached hydrogen (secondary N) is 2. The number of ether oxygens (including phenoxy) is 1. The first-order chi connectivity index (χ1) is 9.22. The van der Waals surface area contributed by atoms with Gasteiger partial charge in [-0.05, 0) is 41.1 Å². The van der Waals surface area contributed by atoms with Crippen molar-refractivity contribution in [1.29, 1.82) is 0 Å². The van der Waals surface area contributed by atoms with E-state index >= 15 is 0 Å². The van der Waals surface area contributed by atoms with Crippen LogP contribution >= 0.6 is 15.9 Å². The maximum Gasteiger partial charge on any atom is 0.224 e. The zero-order valence-electron chi connectivity index (χ0n) is 10.8. The van der Waals surface area contributed by atoms with Crippen LogP contribution in [0.5, 0.6) is 5.75 Å². The minimum Gasteiger partial charge on any atom is -0.497 e. The van der Waals surface area contributed by atoms with E-state index in [1.165, 1.54) is 0 Å². The highest BCUT2D eigenvalue weighted by Gasteiger charge is 2.04. The van der Waals surface area contributed by atoms with Gasteiger partial charge in [-0.3, -0.25) is 0 Å². The van der Waals surface area contributed by atoms with Crippen molar-refractivity contribution in [1.82, 2.24) is 9.97 Å². The van der Waals surface area contributed by atoms with E-state index in [2.05, 4.69) is 36.5 Å². The third kappa shape index (κ3) is 3.57. The Labute approximate surface area is 120 Å². The van der Waals surface area contributed by atoms with Gasteiger partial charge in [-0.1, -0.05) is 0 Å². The predicted octanol–water partition coefficient (Wildman–Crippen LogP) is 3.42. The fourth-order valence-corrected chi connectivity index (χ4v) is 1.88. The number of nitrogens with zero attached hydrogens (tertiary/aromatic N) is 2. The van der Waals surface area contributed by atoms with Gasteiger partial charge in [0, 0.05) is 23.3 Å². The molecule has 0 fully saturated rings. The second kappa shape index (κ2) is 6.38. The molecule has 19 heavy (non-hydrogen) atoms. The lowest BCUT2D eigenvalue weighted by atomic mass is 10.3. The van der Waals surface area contributed by atoms with Gasteiger partial charge < -0.3 is 15.4 Å². The summed E-state index contributed by atoms with van der Waals surface area (Å²) in [5, 5.41) is 6.30. The van der Waals surface area contributed by atoms with E-state index in [9.17, 15) is 0 Å². The van der Waals surface area contributed by atoms with Gasteiger partial charge in [0.1, 0.15) is 11.6 Å². The van der Waals surface area contributed by atoms with Crippen LogP contribution < -0.4 is 15.4 Å². The number of anilines is 3. The molecule has 0 amide bonds. The molecule has 2 N–H and O–H groups in total. The van der Waals surface area contributed by atoms with Gasteiger partial charge in [-0.2, -0.15) is 4.98 Å². The van der Waals surface area contributed by atoms with Crippen molar-refractivity contribution in [3.05, 3.63) is 34.9 Å². The fourth-order valence-electron chi connectivity index (χ4n) is 1.54. The molecule has 0 radical (unpaired) electrons. The van der Waals surface area contributed by atoms with E-state index in [0.29, 0.717) is 5.95 Å². The summed E-state index contributed by atoms with van der Waals surface area (Å²) in [7, 11) is 1.64. The minimum atomic E-state index is 0.603. The van der Waals surface area contributed by atoms with Crippen molar-refractivity contribution in [3.63, 3.8) is 0 Å². The van der Waals surface area contributed by atoms with Crippen molar-refractivity contribution >= 4 is 33.4 Å². The zero-order chi connectivity index (χ0) is 13.7. The van der Waals surface area contributed by atoms with E-state index in [4.69, 9.17) is 4.74 Å². The highest BCUT2D eigenvalue weighted by molar-refractivity contribution is 9.10. The lowest BCUT2D eigenvalue weighted by Gasteiger charge is -2.10. The van der Waals surface area contributed by atoms with E-state index in [-0.39, 0.29) is 0 Å². The molecule has 1 aromatic carbocycles. The van der Waals surface area contributed by atoms with E-state index < -0.39 is 0 Å². The van der Waals surface area contributed by atoms with Crippen LogP contribution in [-0.4, -0.2) is 23.6 Å². The molecule has 0 bridgehead atoms. The van der Waals surface area contributed by atoms with Gasteiger partial charge in [-0.15, -0.1) is 0 Å². The lowest BCUT2D eigenvalue weighted by molar-refractivity contribution is 0.415. The molecule has 0 saturated heterocycles. The second-order valence-electron chi connectivity index (χ2n) is 3.77. The first-order valence-electron chi connectivity index (χ1n) is 5.90. The molecular weight excluding hydrogens is 308 g/mol. The Morgan fingerprint density at radius 2 is 2.16 bits per heavy atom. The maximum absolute atomic E-state index is 5.20. The van der Waals surface area contributed by atoms with E-state index in [1.807, 2.05) is 31.2 Å². The molecule has 0 aliphatic carbocycles. The summed E-state index contributed by atoms with van der Waals surface area (Å²) in [4.78, 5) is 8.49. The van der Waals surface area contributed by atoms with Crippen LogP contribution in [0.1, 0.15) is 6.92 Å². The molecule has 0 spiro atoms. The molecule has 2 aromatic rings. The van der Waals surface area contributed by atoms with Gasteiger partial charge in [0.15, 0.2) is 0 Å². The van der Waals surface area contributed by atoms with Crippen LogP contribution in [0.3, 0.4) is 0 Å². The zero-order valence-corrected chi connectivity index (χ0v) is 12.4. The summed E-state index contributed by atoms with van der Waals surface area (Å²) in [6.07, 6.45) is 1.71. The van der Waals surface area contributed by atoms with Gasteiger partial charge in [-0.25, -0.2) is 4.98 Å². The summed E-state index contributed by atoms with van der Waals surface area (Å²) in [5.41, 5.74) is 0.889. The Morgan fingerprint density at radius 1 is 1.32 bits per heavy atom. The number of halogens is 1. The SMILES string of the molecule is CCNc1nccc(Nc2cc(OC)ccc2Br)n1. The average Bonchev–Trinajstić information content (AvgIpc) is 2.42. The number of hydrogen-bond acceptors (Lipinski definition) is 5. The lowest BCUT2D eigenvalue weighted by Crippen LogP contribution is -2.03. The summed E-state index contributed by atoms with van der Waals surface area (Å²) in [6, 6.07) is 7.53. The highest BCUT2D eigenvalue weighted by atomic mass is 79.9. The fraction of sp³-hybridized carbons (Fsp3) is 0.231. The minimum absolute atomic E-state index is 0.603. The second-order valence-corrected chi connectivity index (χ2v) is 4.62. The average molecular weight is 323 g/mol. The van der Waals surface area contributed by atoms with Gasteiger partial charge in [0.25, 0.3) is 0 Å². The molecule has 2 rings (SSSR count). The van der Waals surface area contributed by atoms with Crippen molar-refractivity contribution < 1.29 is 4.74 Å². The molecule has 0 aliphatic rings. The van der Waals surface area contributed by atoms with Gasteiger partial charge in [0.2, 0.25) is 5.95 Å². The largest absolute Gasteiger partial charge is 0.497 e. The smallest absolute Gasteiger partial charge is 0.224 e. The molecule has 0 unspecified atom stereocenters. The standard InChI is InChI=1S/C13H15BrN4O/c1-3-15-13-16-7-6-12(18-13)17-11-8-9(19-2)4-5-10(11)14/h4-8H,3H2,1-2H3,(H2,15,16,17,18). The molecule has 0 atom stereocenters. The van der Waals surface area contributed by atoms with Crippen LogP contribution in [0.2, 0.25) is 0 Å². The monoisotopic (exact) mass is 322 g/mol. The molecule has 0 aliphatic heterocycles. The first kappa shape index (κ1) is 13.6. The van der Waals surface area contributed by atoms with Crippen molar-refractivity contribution in [2.24, 2.45) is 0 Å². The molecule has 0 saturated carbocycles. The van der Waals surface area contributed by atoms with E-state index in [0.717, 1.165) is 28.3 Å². The quantitative estimate of drug-likeness (QED) is 0.883. The third-order valence-electron chi connectivity index (χ3n) is 2.43. The van der Waals surface area contributed by atoms with Crippen LogP contribution in [-0.2, 0) is 0 Å². The Kier molecular flexibility index (Phi) is 4.57. The van der Waals surface area contributed by atoms with Crippen LogP contribution in [0.4, 0.5) is 17.5 Å². The number of aromatic nitrogens is 2. The third-order valence-corrected chi connectivity index (χ3v) is 3.12. The number of rotatable bonds is 5. The summed E-state index contributed by atoms with van der Waals surface area (Å²) in [6.45, 7) is 2.79. The molecule has 100 valence electrons. The van der Waals surface area contributed by atoms with Crippen LogP contribution in [0.25, 0.3) is 0 Å². The van der Waals surface area contributed by atoms with Gasteiger partial charge >= 0.3 is 0 Å². The van der Waals surface area contributed by atoms with Crippen molar-refractivity contribution in [2.45, 2.75) is 6.92 Å². The number of methoxy groups -OCH3 is 1. The first-order valence-corrected chi connectivity index (χ1v) is 6.69. The van der Waals surface area contributed by atoms with Crippen molar-refractivity contribution in [2.75, 3.05) is 24.3 Å². The van der Waals surface area contributed by atoms with Crippen LogP contribution in [0.15, 0.2) is 34.9 Å². The van der Waals surface area contributed by atoms with Crippen molar-refractivity contribution in [3.8, 4) is 5.75 Å². The Hall–Kier alpha value is -1.82. The maximum atomic E-state index is 5.20. The molecule has 1 heterocycles. The van der Waals surface area contributed by atoms with E-state index in [1.54, 1.807) is 13.3 Å². The summed E-state index contributed by atoms with van der Waals surface area (Å²) < 4.78 is 6.15. The Bertz CT molecular complexity index is 562. The van der Waals surface area contributed by atoms with Gasteiger partial charge in [0.05, 0.1) is 12.8 Å². The molecule has 5 nitrogen and oxygen atoms in total. The number of hydrogen-bond donors (Lipinski definition) is 2. The number of benzene rings is 1. The molecular formula is C13H15BrN4O. The van der Waals surface area contributed by atoms with Crippen LogP contribution in [0, 0.1) is 0 Å². The molecule has 6 heteroatoms. The normalized spacial score (nSPS) is 10.1. The highest BCUT2D eigenvalue weighted by Crippen LogP contribution is 2.29. The summed E-state index contributed by atoms with van der Waals surface area (Å²) in [5.74, 6) is 2.11. The topological polar surface area (TPSA) is 59.1 Å². The summed E-state index contributed by atoms with van der Waals surface area (Å²) >= 11 is 3.49.